The molecule has 0 aliphatic heterocycles. The zero-order valence-corrected chi connectivity index (χ0v) is 11.8. The van der Waals surface area contributed by atoms with Gasteiger partial charge in [0.25, 0.3) is 0 Å². The van der Waals surface area contributed by atoms with Crippen LogP contribution in [-0.2, 0) is 0 Å². The summed E-state index contributed by atoms with van der Waals surface area (Å²) in [4.78, 5) is 15.0. The van der Waals surface area contributed by atoms with Gasteiger partial charge < -0.3 is 9.72 Å². The summed E-state index contributed by atoms with van der Waals surface area (Å²) in [6.07, 6.45) is 0. The SMILES string of the molecule is COc1ccc2c(c1)[nH]c(=O)n2-c1ccccc1Br. The highest BCUT2D eigenvalue weighted by Gasteiger charge is 2.11. The summed E-state index contributed by atoms with van der Waals surface area (Å²) in [5, 5.41) is 0. The molecule has 0 aliphatic carbocycles. The number of aromatic amines is 1. The fourth-order valence-electron chi connectivity index (χ4n) is 2.09. The molecule has 3 aromatic rings. The van der Waals surface area contributed by atoms with Crippen molar-refractivity contribution in [3.8, 4) is 11.4 Å². The zero-order valence-electron chi connectivity index (χ0n) is 10.2. The van der Waals surface area contributed by atoms with Gasteiger partial charge in [-0.05, 0) is 40.2 Å². The molecule has 1 heterocycles. The Kier molecular flexibility index (Phi) is 2.91. The molecule has 2 aromatic carbocycles. The third-order valence-electron chi connectivity index (χ3n) is 2.98. The monoisotopic (exact) mass is 318 g/mol. The van der Waals surface area contributed by atoms with E-state index in [4.69, 9.17) is 4.74 Å². The molecule has 0 saturated carbocycles. The summed E-state index contributed by atoms with van der Waals surface area (Å²) in [6.45, 7) is 0. The Balaban J connectivity index is 2.33. The van der Waals surface area contributed by atoms with Gasteiger partial charge in [0.05, 0.1) is 23.8 Å². The van der Waals surface area contributed by atoms with Crippen LogP contribution < -0.4 is 10.4 Å². The second-order valence-electron chi connectivity index (χ2n) is 4.10. The smallest absolute Gasteiger partial charge is 0.331 e. The summed E-state index contributed by atoms with van der Waals surface area (Å²) in [6, 6.07) is 13.1. The highest BCUT2D eigenvalue weighted by Crippen LogP contribution is 2.24. The first-order chi connectivity index (χ1) is 9.20. The second kappa shape index (κ2) is 4.59. The summed E-state index contributed by atoms with van der Waals surface area (Å²) >= 11 is 3.47. The molecule has 0 unspecified atom stereocenters. The Morgan fingerprint density at radius 1 is 1.21 bits per heavy atom. The second-order valence-corrected chi connectivity index (χ2v) is 4.95. The Bertz CT molecular complexity index is 805. The van der Waals surface area contributed by atoms with Gasteiger partial charge in [0.1, 0.15) is 5.75 Å². The van der Waals surface area contributed by atoms with Crippen LogP contribution in [0.5, 0.6) is 5.75 Å². The molecule has 0 atom stereocenters. The van der Waals surface area contributed by atoms with Crippen molar-refractivity contribution in [1.29, 1.82) is 0 Å². The number of benzene rings is 2. The van der Waals surface area contributed by atoms with Crippen molar-refractivity contribution in [2.24, 2.45) is 0 Å². The van der Waals surface area contributed by atoms with Crippen LogP contribution >= 0.6 is 15.9 Å². The summed E-state index contributed by atoms with van der Waals surface area (Å²) in [5.74, 6) is 0.716. The molecule has 0 aliphatic rings. The maximum absolute atomic E-state index is 12.1. The van der Waals surface area contributed by atoms with Crippen molar-refractivity contribution in [3.05, 3.63) is 57.4 Å². The number of methoxy groups -OCH3 is 1. The van der Waals surface area contributed by atoms with E-state index in [-0.39, 0.29) is 5.69 Å². The molecule has 0 radical (unpaired) electrons. The molecular weight excluding hydrogens is 308 g/mol. The number of aromatic nitrogens is 2. The summed E-state index contributed by atoms with van der Waals surface area (Å²) in [7, 11) is 1.60. The summed E-state index contributed by atoms with van der Waals surface area (Å²) < 4.78 is 7.67. The first-order valence-corrected chi connectivity index (χ1v) is 6.53. The van der Waals surface area contributed by atoms with Crippen LogP contribution in [0, 0.1) is 0 Å². The van der Waals surface area contributed by atoms with Gasteiger partial charge in [-0.15, -0.1) is 0 Å². The van der Waals surface area contributed by atoms with E-state index in [1.54, 1.807) is 11.7 Å². The predicted octanol–water partition coefficient (Wildman–Crippen LogP) is 3.09. The number of nitrogens with zero attached hydrogens (tertiary/aromatic N) is 1. The van der Waals surface area contributed by atoms with Crippen molar-refractivity contribution in [2.75, 3.05) is 7.11 Å². The van der Waals surface area contributed by atoms with Crippen LogP contribution in [0.2, 0.25) is 0 Å². The zero-order chi connectivity index (χ0) is 13.4. The molecule has 0 fully saturated rings. The molecule has 1 N–H and O–H groups in total. The van der Waals surface area contributed by atoms with E-state index < -0.39 is 0 Å². The van der Waals surface area contributed by atoms with E-state index in [1.807, 2.05) is 42.5 Å². The fraction of sp³-hybridized carbons (Fsp3) is 0.0714. The van der Waals surface area contributed by atoms with E-state index in [0.717, 1.165) is 21.2 Å². The molecule has 0 spiro atoms. The number of H-pyrrole nitrogens is 1. The molecule has 96 valence electrons. The van der Waals surface area contributed by atoms with E-state index in [1.165, 1.54) is 0 Å². The lowest BCUT2D eigenvalue weighted by molar-refractivity contribution is 0.415. The van der Waals surface area contributed by atoms with Gasteiger partial charge in [-0.25, -0.2) is 4.79 Å². The number of hydrogen-bond donors (Lipinski definition) is 1. The lowest BCUT2D eigenvalue weighted by atomic mass is 10.2. The number of halogens is 1. The number of hydrogen-bond acceptors (Lipinski definition) is 2. The molecule has 19 heavy (non-hydrogen) atoms. The van der Waals surface area contributed by atoms with E-state index in [0.29, 0.717) is 5.75 Å². The van der Waals surface area contributed by atoms with Crippen LogP contribution in [-0.4, -0.2) is 16.7 Å². The minimum atomic E-state index is -0.171. The highest BCUT2D eigenvalue weighted by molar-refractivity contribution is 9.10. The number of ether oxygens (including phenoxy) is 1. The lowest BCUT2D eigenvalue weighted by Gasteiger charge is -2.06. The topological polar surface area (TPSA) is 47.0 Å². The van der Waals surface area contributed by atoms with Gasteiger partial charge in [-0.2, -0.15) is 0 Å². The van der Waals surface area contributed by atoms with Gasteiger partial charge in [-0.1, -0.05) is 12.1 Å². The van der Waals surface area contributed by atoms with Gasteiger partial charge in [0, 0.05) is 10.5 Å². The number of imidazole rings is 1. The molecular formula is C14H11BrN2O2. The molecule has 0 bridgehead atoms. The Morgan fingerprint density at radius 3 is 2.74 bits per heavy atom. The average Bonchev–Trinajstić information content (AvgIpc) is 2.74. The maximum Gasteiger partial charge on any atom is 0.331 e. The van der Waals surface area contributed by atoms with Crippen molar-refractivity contribution >= 4 is 27.0 Å². The number of rotatable bonds is 2. The molecule has 1 aromatic heterocycles. The van der Waals surface area contributed by atoms with Gasteiger partial charge in [0.2, 0.25) is 0 Å². The van der Waals surface area contributed by atoms with Gasteiger partial charge in [0.15, 0.2) is 0 Å². The molecule has 0 saturated heterocycles. The minimum absolute atomic E-state index is 0.171. The van der Waals surface area contributed by atoms with Crippen molar-refractivity contribution in [2.45, 2.75) is 0 Å². The number of fused-ring (bicyclic) bond motifs is 1. The normalized spacial score (nSPS) is 10.8. The van der Waals surface area contributed by atoms with Gasteiger partial charge >= 0.3 is 5.69 Å². The third-order valence-corrected chi connectivity index (χ3v) is 3.65. The van der Waals surface area contributed by atoms with Crippen LogP contribution in [0.3, 0.4) is 0 Å². The Morgan fingerprint density at radius 2 is 2.00 bits per heavy atom. The maximum atomic E-state index is 12.1. The van der Waals surface area contributed by atoms with Crippen molar-refractivity contribution < 1.29 is 4.74 Å². The van der Waals surface area contributed by atoms with E-state index in [2.05, 4.69) is 20.9 Å². The largest absolute Gasteiger partial charge is 0.497 e. The molecule has 3 rings (SSSR count). The average molecular weight is 319 g/mol. The van der Waals surface area contributed by atoms with Crippen molar-refractivity contribution in [3.63, 3.8) is 0 Å². The quantitative estimate of drug-likeness (QED) is 0.789. The van der Waals surface area contributed by atoms with Crippen LogP contribution in [0.1, 0.15) is 0 Å². The van der Waals surface area contributed by atoms with Crippen LogP contribution in [0.15, 0.2) is 51.7 Å². The first-order valence-electron chi connectivity index (χ1n) is 5.74. The standard InChI is InChI=1S/C14H11BrN2O2/c1-19-9-6-7-13-11(8-9)16-14(18)17(13)12-5-3-2-4-10(12)15/h2-8H,1H3,(H,16,18). The Labute approximate surface area is 117 Å². The van der Waals surface area contributed by atoms with E-state index >= 15 is 0 Å². The van der Waals surface area contributed by atoms with Gasteiger partial charge in [-0.3, -0.25) is 4.57 Å². The molecule has 0 amide bonds. The third kappa shape index (κ3) is 1.96. The number of para-hydroxylation sites is 1. The van der Waals surface area contributed by atoms with Crippen LogP contribution in [0.4, 0.5) is 0 Å². The summed E-state index contributed by atoms with van der Waals surface area (Å²) in [5.41, 5.74) is 2.21. The van der Waals surface area contributed by atoms with E-state index in [9.17, 15) is 4.79 Å². The predicted molar refractivity (Wildman–Crippen MR) is 78.1 cm³/mol. The lowest BCUT2D eigenvalue weighted by Crippen LogP contribution is -2.14. The molecule has 4 nitrogen and oxygen atoms in total. The van der Waals surface area contributed by atoms with Crippen LogP contribution in [0.25, 0.3) is 16.7 Å². The fourth-order valence-corrected chi connectivity index (χ4v) is 2.55. The highest BCUT2D eigenvalue weighted by atomic mass is 79.9. The Hall–Kier alpha value is -2.01. The number of nitrogens with one attached hydrogen (secondary N) is 1. The first kappa shape index (κ1) is 12.0. The van der Waals surface area contributed by atoms with Crippen molar-refractivity contribution in [1.82, 2.24) is 9.55 Å². The molecule has 5 heteroatoms. The minimum Gasteiger partial charge on any atom is -0.497 e.